The lowest BCUT2D eigenvalue weighted by atomic mass is 10.0. The van der Waals surface area contributed by atoms with Crippen LogP contribution in [0, 0.1) is 6.92 Å². The molecule has 2 aromatic heterocycles. The van der Waals surface area contributed by atoms with Crippen molar-refractivity contribution in [1.82, 2.24) is 15.1 Å². The van der Waals surface area contributed by atoms with Crippen molar-refractivity contribution >= 4 is 11.3 Å². The van der Waals surface area contributed by atoms with E-state index in [1.54, 1.807) is 18.3 Å². The summed E-state index contributed by atoms with van der Waals surface area (Å²) in [5, 5.41) is 16.7. The predicted molar refractivity (Wildman–Crippen MR) is 67.3 cm³/mol. The normalized spacial score (nSPS) is 14.7. The molecule has 7 heteroatoms. The smallest absolute Gasteiger partial charge is 0.229 e. The first-order valence-electron chi connectivity index (χ1n) is 5.63. The molecule has 1 atom stereocenters. The zero-order valence-corrected chi connectivity index (χ0v) is 11.2. The molecule has 0 bridgehead atoms. The number of thiazole rings is 1. The number of aryl methyl sites for hydroxylation is 1. The molecule has 0 fully saturated rings. The van der Waals surface area contributed by atoms with E-state index in [0.717, 1.165) is 10.7 Å². The number of rotatable bonds is 5. The van der Waals surface area contributed by atoms with Gasteiger partial charge in [0.2, 0.25) is 5.89 Å². The molecule has 2 aromatic rings. The maximum atomic E-state index is 9.82. The Morgan fingerprint density at radius 3 is 2.89 bits per heavy atom. The van der Waals surface area contributed by atoms with E-state index in [4.69, 9.17) is 10.3 Å². The van der Waals surface area contributed by atoms with Crippen LogP contribution in [0.1, 0.15) is 29.3 Å². The quantitative estimate of drug-likeness (QED) is 0.827. The maximum absolute atomic E-state index is 9.82. The lowest BCUT2D eigenvalue weighted by molar-refractivity contribution is 0.0610. The van der Waals surface area contributed by atoms with Gasteiger partial charge in [-0.1, -0.05) is 5.16 Å². The number of hydrogen-bond acceptors (Lipinski definition) is 7. The van der Waals surface area contributed by atoms with E-state index >= 15 is 0 Å². The van der Waals surface area contributed by atoms with Crippen LogP contribution in [0.5, 0.6) is 0 Å². The summed E-state index contributed by atoms with van der Waals surface area (Å²) in [5.74, 6) is 0.968. The van der Waals surface area contributed by atoms with Crippen LogP contribution in [-0.4, -0.2) is 32.4 Å². The zero-order valence-electron chi connectivity index (χ0n) is 10.4. The summed E-state index contributed by atoms with van der Waals surface area (Å²) in [6.45, 7) is 3.74. The Morgan fingerprint density at radius 1 is 1.50 bits per heavy atom. The molecule has 0 aromatic carbocycles. The second-order valence-corrected chi connectivity index (χ2v) is 5.58. The Kier molecular flexibility index (Phi) is 3.74. The van der Waals surface area contributed by atoms with Crippen molar-refractivity contribution in [2.24, 2.45) is 5.73 Å². The van der Waals surface area contributed by atoms with E-state index in [-0.39, 0.29) is 13.0 Å². The van der Waals surface area contributed by atoms with E-state index < -0.39 is 5.60 Å². The van der Waals surface area contributed by atoms with E-state index in [0.29, 0.717) is 18.1 Å². The summed E-state index contributed by atoms with van der Waals surface area (Å²) in [6.07, 6.45) is 0.797. The minimum absolute atomic E-state index is 0.149. The molecule has 0 amide bonds. The van der Waals surface area contributed by atoms with Crippen molar-refractivity contribution in [1.29, 1.82) is 0 Å². The molecule has 2 rings (SSSR count). The van der Waals surface area contributed by atoms with E-state index in [2.05, 4.69) is 15.1 Å². The van der Waals surface area contributed by atoms with Crippen LogP contribution < -0.4 is 5.73 Å². The van der Waals surface area contributed by atoms with Crippen molar-refractivity contribution in [2.45, 2.75) is 32.3 Å². The highest BCUT2D eigenvalue weighted by atomic mass is 32.1. The fourth-order valence-electron chi connectivity index (χ4n) is 1.48. The summed E-state index contributed by atoms with van der Waals surface area (Å²) >= 11 is 1.59. The number of hydrogen-bond donors (Lipinski definition) is 2. The van der Waals surface area contributed by atoms with Crippen LogP contribution >= 0.6 is 11.3 Å². The monoisotopic (exact) mass is 268 g/mol. The average Bonchev–Trinajstić information content (AvgIpc) is 2.89. The van der Waals surface area contributed by atoms with Gasteiger partial charge in [0.15, 0.2) is 5.82 Å². The van der Waals surface area contributed by atoms with Crippen molar-refractivity contribution in [3.05, 3.63) is 27.8 Å². The van der Waals surface area contributed by atoms with Gasteiger partial charge in [-0.3, -0.25) is 0 Å². The fraction of sp³-hybridized carbons (Fsp3) is 0.545. The summed E-state index contributed by atoms with van der Waals surface area (Å²) in [7, 11) is 0. The molecular weight excluding hydrogens is 252 g/mol. The second kappa shape index (κ2) is 5.13. The molecule has 0 aliphatic rings. The third kappa shape index (κ3) is 3.34. The third-order valence-corrected chi connectivity index (χ3v) is 3.31. The van der Waals surface area contributed by atoms with Gasteiger partial charge in [-0.25, -0.2) is 4.98 Å². The van der Waals surface area contributed by atoms with Crippen LogP contribution in [-0.2, 0) is 12.8 Å². The van der Waals surface area contributed by atoms with Crippen molar-refractivity contribution in [3.63, 3.8) is 0 Å². The molecule has 0 saturated heterocycles. The molecule has 0 radical (unpaired) electrons. The summed E-state index contributed by atoms with van der Waals surface area (Å²) < 4.78 is 5.08. The minimum atomic E-state index is -1.01. The van der Waals surface area contributed by atoms with Gasteiger partial charge in [-0.15, -0.1) is 11.3 Å². The first-order chi connectivity index (χ1) is 8.48. The Morgan fingerprint density at radius 2 is 2.28 bits per heavy atom. The van der Waals surface area contributed by atoms with Crippen LogP contribution in [0.3, 0.4) is 0 Å². The predicted octanol–water partition coefficient (Wildman–Crippen LogP) is 0.678. The van der Waals surface area contributed by atoms with Gasteiger partial charge in [0.05, 0.1) is 29.1 Å². The standard InChI is InChI=1S/C11H16N4O2S/c1-7-13-8(5-18-7)3-9-14-10(17-15-9)4-11(2,16)6-12/h5,16H,3-4,6,12H2,1-2H3. The Bertz CT molecular complexity index is 521. The maximum Gasteiger partial charge on any atom is 0.229 e. The number of aliphatic hydroxyl groups is 1. The first kappa shape index (κ1) is 13.1. The van der Waals surface area contributed by atoms with Gasteiger partial charge >= 0.3 is 0 Å². The van der Waals surface area contributed by atoms with Crippen LogP contribution in [0.4, 0.5) is 0 Å². The summed E-state index contributed by atoms with van der Waals surface area (Å²) in [5.41, 5.74) is 5.35. The molecule has 18 heavy (non-hydrogen) atoms. The van der Waals surface area contributed by atoms with Gasteiger partial charge in [0.25, 0.3) is 0 Å². The summed E-state index contributed by atoms with van der Waals surface area (Å²) in [6, 6.07) is 0. The molecule has 1 unspecified atom stereocenters. The highest BCUT2D eigenvalue weighted by molar-refractivity contribution is 7.09. The van der Waals surface area contributed by atoms with E-state index in [1.807, 2.05) is 12.3 Å². The van der Waals surface area contributed by atoms with Crippen molar-refractivity contribution < 1.29 is 9.63 Å². The largest absolute Gasteiger partial charge is 0.388 e. The number of aromatic nitrogens is 3. The molecule has 98 valence electrons. The molecule has 6 nitrogen and oxygen atoms in total. The van der Waals surface area contributed by atoms with Crippen molar-refractivity contribution in [3.8, 4) is 0 Å². The van der Waals surface area contributed by atoms with Gasteiger partial charge in [-0.2, -0.15) is 4.98 Å². The SMILES string of the molecule is Cc1nc(Cc2noc(CC(C)(O)CN)n2)cs1. The lowest BCUT2D eigenvalue weighted by Crippen LogP contribution is -2.36. The topological polar surface area (TPSA) is 98.1 Å². The fourth-order valence-corrected chi connectivity index (χ4v) is 2.10. The minimum Gasteiger partial charge on any atom is -0.388 e. The van der Waals surface area contributed by atoms with Crippen LogP contribution in [0.2, 0.25) is 0 Å². The molecular formula is C11H16N4O2S. The van der Waals surface area contributed by atoms with Gasteiger partial charge in [0.1, 0.15) is 0 Å². The zero-order chi connectivity index (χ0) is 13.2. The lowest BCUT2D eigenvalue weighted by Gasteiger charge is -2.17. The molecule has 0 saturated carbocycles. The Hall–Kier alpha value is -1.31. The first-order valence-corrected chi connectivity index (χ1v) is 6.51. The van der Waals surface area contributed by atoms with Gasteiger partial charge in [0, 0.05) is 11.9 Å². The second-order valence-electron chi connectivity index (χ2n) is 4.52. The highest BCUT2D eigenvalue weighted by Gasteiger charge is 2.22. The Balaban J connectivity index is 2.02. The number of nitrogens with two attached hydrogens (primary N) is 1. The van der Waals surface area contributed by atoms with E-state index in [9.17, 15) is 5.11 Å². The van der Waals surface area contributed by atoms with Crippen LogP contribution in [0.25, 0.3) is 0 Å². The van der Waals surface area contributed by atoms with Crippen LogP contribution in [0.15, 0.2) is 9.90 Å². The molecule has 0 aliphatic heterocycles. The average molecular weight is 268 g/mol. The molecule has 2 heterocycles. The highest BCUT2D eigenvalue weighted by Crippen LogP contribution is 2.13. The Labute approximate surface area is 109 Å². The van der Waals surface area contributed by atoms with Crippen molar-refractivity contribution in [2.75, 3.05) is 6.54 Å². The van der Waals surface area contributed by atoms with Gasteiger partial charge < -0.3 is 15.4 Å². The molecule has 3 N–H and O–H groups in total. The van der Waals surface area contributed by atoms with Gasteiger partial charge in [-0.05, 0) is 13.8 Å². The van der Waals surface area contributed by atoms with E-state index in [1.165, 1.54) is 0 Å². The molecule has 0 aliphatic carbocycles. The molecule has 0 spiro atoms. The number of nitrogens with zero attached hydrogens (tertiary/aromatic N) is 3. The summed E-state index contributed by atoms with van der Waals surface area (Å²) in [4.78, 5) is 8.55. The third-order valence-electron chi connectivity index (χ3n) is 2.49.